The van der Waals surface area contributed by atoms with Gasteiger partial charge in [-0.15, -0.1) is 0 Å². The summed E-state index contributed by atoms with van der Waals surface area (Å²) in [4.78, 5) is 11.9. The van der Waals surface area contributed by atoms with Crippen LogP contribution in [0.5, 0.6) is 0 Å². The van der Waals surface area contributed by atoms with Gasteiger partial charge in [0, 0.05) is 16.7 Å². The van der Waals surface area contributed by atoms with Gasteiger partial charge in [-0.3, -0.25) is 4.79 Å². The summed E-state index contributed by atoms with van der Waals surface area (Å²) in [6.45, 7) is 2.18. The molecule has 0 saturated carbocycles. The van der Waals surface area contributed by atoms with Gasteiger partial charge in [0.1, 0.15) is 0 Å². The first kappa shape index (κ1) is 17.1. The highest BCUT2D eigenvalue weighted by atomic mass is 79.9. The van der Waals surface area contributed by atoms with E-state index in [-0.39, 0.29) is 12.5 Å². The van der Waals surface area contributed by atoms with Crippen molar-refractivity contribution >= 4 is 37.5 Å². The smallest absolute Gasteiger partial charge is 0.239 e. The molecule has 0 aliphatic rings. The Balaban J connectivity index is 2.64. The van der Waals surface area contributed by atoms with E-state index in [1.165, 1.54) is 4.31 Å². The van der Waals surface area contributed by atoms with Crippen LogP contribution in [0.25, 0.3) is 0 Å². The van der Waals surface area contributed by atoms with Gasteiger partial charge in [-0.2, -0.15) is 4.31 Å². The summed E-state index contributed by atoms with van der Waals surface area (Å²) in [6, 6.07) is 7.11. The fourth-order valence-corrected chi connectivity index (χ4v) is 2.67. The molecule has 20 heavy (non-hydrogen) atoms. The van der Waals surface area contributed by atoms with E-state index in [0.717, 1.165) is 23.6 Å². The molecule has 0 saturated heterocycles. The Morgan fingerprint density at radius 2 is 1.90 bits per heavy atom. The van der Waals surface area contributed by atoms with E-state index in [9.17, 15) is 13.2 Å². The number of sulfonamides is 1. The summed E-state index contributed by atoms with van der Waals surface area (Å²) in [5.74, 6) is -0.339. The highest BCUT2D eigenvalue weighted by molar-refractivity contribution is 9.10. The standard InChI is InChI=1S/C13H19BrN2O3S/c1-3-4-9-16(20(2,18)19)10-13(17)15-12-7-5-11(14)6-8-12/h5-8H,3-4,9-10H2,1-2H3,(H,15,17). The Labute approximate surface area is 128 Å². The first-order chi connectivity index (χ1) is 9.32. The number of rotatable bonds is 7. The maximum absolute atomic E-state index is 11.9. The Hall–Kier alpha value is -0.920. The van der Waals surface area contributed by atoms with Crippen LogP contribution in [0.3, 0.4) is 0 Å². The lowest BCUT2D eigenvalue weighted by Gasteiger charge is -2.19. The first-order valence-corrected chi connectivity index (χ1v) is 8.97. The SMILES string of the molecule is CCCCN(CC(=O)Nc1ccc(Br)cc1)S(C)(=O)=O. The monoisotopic (exact) mass is 362 g/mol. The van der Waals surface area contributed by atoms with Crippen molar-refractivity contribution in [3.8, 4) is 0 Å². The van der Waals surface area contributed by atoms with Crippen molar-refractivity contribution in [3.63, 3.8) is 0 Å². The molecule has 1 rings (SSSR count). The van der Waals surface area contributed by atoms with Gasteiger partial charge in [0.2, 0.25) is 15.9 Å². The van der Waals surface area contributed by atoms with Crippen molar-refractivity contribution < 1.29 is 13.2 Å². The molecule has 1 aromatic rings. The van der Waals surface area contributed by atoms with Crippen LogP contribution in [0.1, 0.15) is 19.8 Å². The van der Waals surface area contributed by atoms with E-state index >= 15 is 0 Å². The summed E-state index contributed by atoms with van der Waals surface area (Å²) in [5, 5.41) is 2.68. The Bertz CT molecular complexity index is 543. The molecule has 1 amide bonds. The third kappa shape index (κ3) is 6.02. The van der Waals surface area contributed by atoms with Crippen LogP contribution in [-0.2, 0) is 14.8 Å². The van der Waals surface area contributed by atoms with Gasteiger partial charge in [-0.25, -0.2) is 8.42 Å². The molecule has 0 spiro atoms. The molecule has 7 heteroatoms. The third-order valence-electron chi connectivity index (χ3n) is 2.68. The normalized spacial score (nSPS) is 11.6. The van der Waals surface area contributed by atoms with Gasteiger partial charge < -0.3 is 5.32 Å². The summed E-state index contributed by atoms with van der Waals surface area (Å²) in [6.07, 6.45) is 2.73. The molecule has 0 fully saturated rings. The van der Waals surface area contributed by atoms with E-state index in [1.807, 2.05) is 6.92 Å². The fraction of sp³-hybridized carbons (Fsp3) is 0.462. The molecule has 0 radical (unpaired) electrons. The number of unbranched alkanes of at least 4 members (excludes halogenated alkanes) is 1. The van der Waals surface area contributed by atoms with Crippen LogP contribution < -0.4 is 5.32 Å². The third-order valence-corrected chi connectivity index (χ3v) is 4.46. The minimum Gasteiger partial charge on any atom is -0.325 e. The summed E-state index contributed by atoms with van der Waals surface area (Å²) in [7, 11) is -3.37. The summed E-state index contributed by atoms with van der Waals surface area (Å²) >= 11 is 3.31. The quantitative estimate of drug-likeness (QED) is 0.809. The van der Waals surface area contributed by atoms with Crippen LogP contribution in [0, 0.1) is 0 Å². The molecule has 1 N–H and O–H groups in total. The topological polar surface area (TPSA) is 66.5 Å². The molecule has 0 aliphatic carbocycles. The number of amides is 1. The molecule has 0 aromatic heterocycles. The van der Waals surface area contributed by atoms with Gasteiger partial charge in [-0.05, 0) is 30.7 Å². The van der Waals surface area contributed by atoms with E-state index in [2.05, 4.69) is 21.2 Å². The molecule has 112 valence electrons. The Morgan fingerprint density at radius 3 is 2.40 bits per heavy atom. The summed E-state index contributed by atoms with van der Waals surface area (Å²) < 4.78 is 25.3. The van der Waals surface area contributed by atoms with Gasteiger partial charge in [0.15, 0.2) is 0 Å². The van der Waals surface area contributed by atoms with Crippen molar-refractivity contribution in [1.29, 1.82) is 0 Å². The zero-order chi connectivity index (χ0) is 15.2. The minimum absolute atomic E-state index is 0.158. The number of nitrogens with one attached hydrogen (secondary N) is 1. The van der Waals surface area contributed by atoms with Crippen LogP contribution in [-0.4, -0.2) is 38.0 Å². The number of halogens is 1. The minimum atomic E-state index is -3.37. The van der Waals surface area contributed by atoms with Gasteiger partial charge >= 0.3 is 0 Å². The van der Waals surface area contributed by atoms with Crippen molar-refractivity contribution in [2.75, 3.05) is 24.7 Å². The highest BCUT2D eigenvalue weighted by Gasteiger charge is 2.19. The number of hydrogen-bond acceptors (Lipinski definition) is 3. The van der Waals surface area contributed by atoms with Crippen LogP contribution in [0.15, 0.2) is 28.7 Å². The van der Waals surface area contributed by atoms with Crippen molar-refractivity contribution in [1.82, 2.24) is 4.31 Å². The van der Waals surface area contributed by atoms with Crippen molar-refractivity contribution in [2.45, 2.75) is 19.8 Å². The number of benzene rings is 1. The molecule has 1 aromatic carbocycles. The number of carbonyl (C=O) groups excluding carboxylic acids is 1. The van der Waals surface area contributed by atoms with E-state index in [1.54, 1.807) is 24.3 Å². The fourth-order valence-electron chi connectivity index (χ4n) is 1.59. The maximum Gasteiger partial charge on any atom is 0.239 e. The second-order valence-corrected chi connectivity index (χ2v) is 7.40. The van der Waals surface area contributed by atoms with E-state index < -0.39 is 10.0 Å². The molecule has 0 atom stereocenters. The molecule has 5 nitrogen and oxygen atoms in total. The second kappa shape index (κ2) is 7.75. The molecule has 0 aliphatic heterocycles. The maximum atomic E-state index is 11.9. The van der Waals surface area contributed by atoms with Gasteiger partial charge in [0.05, 0.1) is 12.8 Å². The lowest BCUT2D eigenvalue weighted by Crippen LogP contribution is -2.37. The molecule has 0 heterocycles. The predicted molar refractivity (Wildman–Crippen MR) is 84.1 cm³/mol. The van der Waals surface area contributed by atoms with Crippen LogP contribution >= 0.6 is 15.9 Å². The zero-order valence-corrected chi connectivity index (χ0v) is 14.0. The zero-order valence-electron chi connectivity index (χ0n) is 11.6. The number of hydrogen-bond donors (Lipinski definition) is 1. The first-order valence-electron chi connectivity index (χ1n) is 6.33. The summed E-state index contributed by atoms with van der Waals surface area (Å²) in [5.41, 5.74) is 0.641. The average molecular weight is 363 g/mol. The lowest BCUT2D eigenvalue weighted by molar-refractivity contribution is -0.116. The Kier molecular flexibility index (Phi) is 6.64. The molecular formula is C13H19BrN2O3S. The van der Waals surface area contributed by atoms with Crippen molar-refractivity contribution in [3.05, 3.63) is 28.7 Å². The number of carbonyl (C=O) groups is 1. The molecule has 0 unspecified atom stereocenters. The highest BCUT2D eigenvalue weighted by Crippen LogP contribution is 2.14. The van der Waals surface area contributed by atoms with Crippen LogP contribution in [0.2, 0.25) is 0 Å². The van der Waals surface area contributed by atoms with E-state index in [0.29, 0.717) is 12.2 Å². The average Bonchev–Trinajstić information content (AvgIpc) is 2.36. The van der Waals surface area contributed by atoms with E-state index in [4.69, 9.17) is 0 Å². The van der Waals surface area contributed by atoms with Crippen LogP contribution in [0.4, 0.5) is 5.69 Å². The lowest BCUT2D eigenvalue weighted by atomic mass is 10.3. The number of nitrogens with zero attached hydrogens (tertiary/aromatic N) is 1. The predicted octanol–water partition coefficient (Wildman–Crippen LogP) is 2.45. The van der Waals surface area contributed by atoms with Gasteiger partial charge in [0.25, 0.3) is 0 Å². The second-order valence-electron chi connectivity index (χ2n) is 4.51. The number of anilines is 1. The van der Waals surface area contributed by atoms with Gasteiger partial charge in [-0.1, -0.05) is 29.3 Å². The largest absolute Gasteiger partial charge is 0.325 e. The Morgan fingerprint density at radius 1 is 1.30 bits per heavy atom. The molecule has 0 bridgehead atoms. The van der Waals surface area contributed by atoms with Crippen molar-refractivity contribution in [2.24, 2.45) is 0 Å². The molecular weight excluding hydrogens is 344 g/mol.